The van der Waals surface area contributed by atoms with Crippen LogP contribution in [0.2, 0.25) is 0 Å². The van der Waals surface area contributed by atoms with E-state index in [1.165, 1.54) is 12.8 Å². The highest BCUT2D eigenvalue weighted by Crippen LogP contribution is 2.40. The van der Waals surface area contributed by atoms with E-state index in [2.05, 4.69) is 43.3 Å². The van der Waals surface area contributed by atoms with E-state index in [9.17, 15) is 0 Å². The van der Waals surface area contributed by atoms with Crippen LogP contribution in [-0.2, 0) is 38.8 Å². The van der Waals surface area contributed by atoms with Crippen LogP contribution in [0, 0.1) is 0 Å². The lowest BCUT2D eigenvalue weighted by atomic mass is 9.80. The third-order valence-corrected chi connectivity index (χ3v) is 6.84. The van der Waals surface area contributed by atoms with Crippen LogP contribution in [0.1, 0.15) is 42.9 Å². The van der Waals surface area contributed by atoms with E-state index in [-0.39, 0.29) is 0 Å². The molecule has 0 heterocycles. The summed E-state index contributed by atoms with van der Waals surface area (Å²) >= 11 is 0. The fraction of sp³-hybridized carbons (Fsp3) is 0.500. The maximum absolute atomic E-state index is 6.72. The van der Waals surface area contributed by atoms with Gasteiger partial charge in [0.15, 0.2) is 0 Å². The van der Waals surface area contributed by atoms with E-state index in [4.69, 9.17) is 33.2 Å². The highest BCUT2D eigenvalue weighted by atomic mass is 16.6. The minimum atomic E-state index is -0.736. The van der Waals surface area contributed by atoms with Crippen molar-refractivity contribution < 1.29 is 33.2 Å². The van der Waals surface area contributed by atoms with Gasteiger partial charge in [-0.3, -0.25) is 0 Å². The molecule has 0 bridgehead atoms. The predicted molar refractivity (Wildman–Crippen MR) is 170 cm³/mol. The summed E-state index contributed by atoms with van der Waals surface area (Å²) in [5.74, 6) is 0. The van der Waals surface area contributed by atoms with Crippen LogP contribution < -0.4 is 0 Å². The van der Waals surface area contributed by atoms with Gasteiger partial charge in [-0.1, -0.05) is 111 Å². The van der Waals surface area contributed by atoms with Crippen molar-refractivity contribution in [3.05, 3.63) is 108 Å². The average molecular weight is 595 g/mol. The number of rotatable bonds is 26. The molecule has 0 atom stereocenters. The van der Waals surface area contributed by atoms with Crippen molar-refractivity contribution in [2.24, 2.45) is 0 Å². The van der Waals surface area contributed by atoms with Gasteiger partial charge in [0, 0.05) is 6.61 Å². The third kappa shape index (κ3) is 13.3. The number of ether oxygens (including phenoxy) is 7. The minimum Gasteiger partial charge on any atom is -0.379 e. The Balaban J connectivity index is 1.24. The molecular weight excluding hydrogens is 544 g/mol. The molecule has 3 aromatic rings. The first-order valence-electron chi connectivity index (χ1n) is 15.6. The van der Waals surface area contributed by atoms with Crippen LogP contribution in [0.5, 0.6) is 0 Å². The SMILES string of the molecule is CCCCCOCCOCCOCCOCCOCCOCCOC(c1ccccc1)(c1ccccc1)c1ccccc1. The molecule has 0 aromatic heterocycles. The van der Waals surface area contributed by atoms with E-state index in [1.54, 1.807) is 0 Å². The summed E-state index contributed by atoms with van der Waals surface area (Å²) in [7, 11) is 0. The summed E-state index contributed by atoms with van der Waals surface area (Å²) in [4.78, 5) is 0. The maximum atomic E-state index is 6.72. The van der Waals surface area contributed by atoms with E-state index < -0.39 is 5.60 Å². The largest absolute Gasteiger partial charge is 0.379 e. The molecule has 43 heavy (non-hydrogen) atoms. The van der Waals surface area contributed by atoms with Gasteiger partial charge in [-0.15, -0.1) is 0 Å². The molecule has 0 unspecified atom stereocenters. The molecule has 0 N–H and O–H groups in total. The monoisotopic (exact) mass is 594 g/mol. The fourth-order valence-electron chi connectivity index (χ4n) is 4.68. The Morgan fingerprint density at radius 2 is 0.674 bits per heavy atom. The quantitative estimate of drug-likeness (QED) is 0.0800. The average Bonchev–Trinajstić information content (AvgIpc) is 3.06. The van der Waals surface area contributed by atoms with Gasteiger partial charge in [-0.25, -0.2) is 0 Å². The van der Waals surface area contributed by atoms with Gasteiger partial charge in [-0.05, 0) is 23.1 Å². The van der Waals surface area contributed by atoms with Gasteiger partial charge in [0.1, 0.15) is 5.60 Å². The second-order valence-electron chi connectivity index (χ2n) is 10.0. The standard InChI is InChI=1S/C36H50O7/c1-2-3-13-20-37-21-22-38-23-24-39-25-26-40-27-28-41-29-30-42-31-32-43-36(33-14-7-4-8-15-33,34-16-9-5-10-17-34)35-18-11-6-12-19-35/h4-12,14-19H,2-3,13,20-32H2,1H3. The smallest absolute Gasteiger partial charge is 0.143 e. The highest BCUT2D eigenvalue weighted by Gasteiger charge is 2.37. The highest BCUT2D eigenvalue weighted by molar-refractivity contribution is 5.47. The van der Waals surface area contributed by atoms with Gasteiger partial charge >= 0.3 is 0 Å². The van der Waals surface area contributed by atoms with Crippen molar-refractivity contribution in [3.63, 3.8) is 0 Å². The molecule has 3 rings (SSSR count). The van der Waals surface area contributed by atoms with Crippen molar-refractivity contribution in [1.82, 2.24) is 0 Å². The minimum absolute atomic E-state index is 0.430. The van der Waals surface area contributed by atoms with Crippen molar-refractivity contribution in [1.29, 1.82) is 0 Å². The molecule has 0 aliphatic heterocycles. The van der Waals surface area contributed by atoms with E-state index in [0.717, 1.165) is 29.7 Å². The predicted octanol–water partition coefficient (Wildman–Crippen LogP) is 6.28. The molecule has 0 aliphatic rings. The number of hydrogen-bond acceptors (Lipinski definition) is 7. The van der Waals surface area contributed by atoms with Crippen LogP contribution >= 0.6 is 0 Å². The Morgan fingerprint density at radius 1 is 0.372 bits per heavy atom. The topological polar surface area (TPSA) is 64.6 Å². The summed E-state index contributed by atoms with van der Waals surface area (Å²) in [5, 5.41) is 0. The molecule has 0 saturated heterocycles. The second-order valence-corrected chi connectivity index (χ2v) is 10.0. The lowest BCUT2D eigenvalue weighted by molar-refractivity contribution is -0.0395. The second kappa shape index (κ2) is 22.9. The van der Waals surface area contributed by atoms with Crippen molar-refractivity contribution in [2.75, 3.05) is 85.9 Å². The molecule has 0 spiro atoms. The Kier molecular flexibility index (Phi) is 18.5. The first-order valence-corrected chi connectivity index (χ1v) is 15.6. The summed E-state index contributed by atoms with van der Waals surface area (Å²) in [6.45, 7) is 9.36. The zero-order chi connectivity index (χ0) is 30.1. The lowest BCUT2D eigenvalue weighted by Gasteiger charge is -2.36. The Hall–Kier alpha value is -2.62. The Bertz CT molecular complexity index is 937. The Labute approximate surface area is 258 Å². The normalized spacial score (nSPS) is 11.7. The fourth-order valence-corrected chi connectivity index (χ4v) is 4.68. The van der Waals surface area contributed by atoms with Crippen LogP contribution in [0.15, 0.2) is 91.0 Å². The first-order chi connectivity index (χ1) is 21.4. The van der Waals surface area contributed by atoms with Crippen molar-refractivity contribution >= 4 is 0 Å². The zero-order valence-electron chi connectivity index (χ0n) is 25.8. The van der Waals surface area contributed by atoms with Crippen LogP contribution in [0.4, 0.5) is 0 Å². The molecule has 0 amide bonds. The van der Waals surface area contributed by atoms with E-state index >= 15 is 0 Å². The molecule has 0 fully saturated rings. The van der Waals surface area contributed by atoms with Crippen LogP contribution in [-0.4, -0.2) is 85.9 Å². The van der Waals surface area contributed by atoms with Gasteiger partial charge in [0.2, 0.25) is 0 Å². The first kappa shape index (κ1) is 34.9. The van der Waals surface area contributed by atoms with Crippen LogP contribution in [0.25, 0.3) is 0 Å². The summed E-state index contributed by atoms with van der Waals surface area (Å²) in [6, 6.07) is 31.1. The summed E-state index contributed by atoms with van der Waals surface area (Å²) < 4.78 is 40.3. The molecule has 236 valence electrons. The molecule has 7 nitrogen and oxygen atoms in total. The van der Waals surface area contributed by atoms with Crippen molar-refractivity contribution in [2.45, 2.75) is 31.8 Å². The Morgan fingerprint density at radius 3 is 1.00 bits per heavy atom. The molecule has 3 aromatic carbocycles. The number of benzene rings is 3. The van der Waals surface area contributed by atoms with E-state index in [0.29, 0.717) is 79.3 Å². The molecule has 0 radical (unpaired) electrons. The summed E-state index contributed by atoms with van der Waals surface area (Å²) in [5.41, 5.74) is 2.49. The van der Waals surface area contributed by atoms with Gasteiger partial charge < -0.3 is 33.2 Å². The summed E-state index contributed by atoms with van der Waals surface area (Å²) in [6.07, 6.45) is 3.55. The lowest BCUT2D eigenvalue weighted by Crippen LogP contribution is -2.34. The maximum Gasteiger partial charge on any atom is 0.143 e. The number of unbranched alkanes of at least 4 members (excludes halogenated alkanes) is 2. The molecule has 0 saturated carbocycles. The van der Waals surface area contributed by atoms with Gasteiger partial charge in [-0.2, -0.15) is 0 Å². The van der Waals surface area contributed by atoms with Gasteiger partial charge in [0.25, 0.3) is 0 Å². The molecule has 0 aliphatic carbocycles. The van der Waals surface area contributed by atoms with Gasteiger partial charge in [0.05, 0.1) is 79.3 Å². The molecular formula is C36H50O7. The van der Waals surface area contributed by atoms with E-state index in [1.807, 2.05) is 54.6 Å². The third-order valence-electron chi connectivity index (χ3n) is 6.84. The molecule has 7 heteroatoms. The number of hydrogen-bond donors (Lipinski definition) is 0. The zero-order valence-corrected chi connectivity index (χ0v) is 25.8. The van der Waals surface area contributed by atoms with Crippen molar-refractivity contribution in [3.8, 4) is 0 Å². The van der Waals surface area contributed by atoms with Crippen LogP contribution in [0.3, 0.4) is 0 Å².